The minimum atomic E-state index is -4.48. The van der Waals surface area contributed by atoms with Gasteiger partial charge in [0.1, 0.15) is 0 Å². The summed E-state index contributed by atoms with van der Waals surface area (Å²) >= 11 is 0. The summed E-state index contributed by atoms with van der Waals surface area (Å²) in [5.41, 5.74) is -0.164. The summed E-state index contributed by atoms with van der Waals surface area (Å²) in [6.07, 6.45) is -4.48. The second-order valence-corrected chi connectivity index (χ2v) is 8.50. The van der Waals surface area contributed by atoms with E-state index in [4.69, 9.17) is 0 Å². The smallest absolute Gasteiger partial charge is 0.346 e. The summed E-state index contributed by atoms with van der Waals surface area (Å²) in [7, 11) is -3.83. The van der Waals surface area contributed by atoms with Crippen LogP contribution in [0.4, 0.5) is 18.9 Å². The number of anilines is 1. The summed E-state index contributed by atoms with van der Waals surface area (Å²) < 4.78 is 66.1. The van der Waals surface area contributed by atoms with Crippen molar-refractivity contribution in [3.05, 3.63) is 95.6 Å². The number of carbonyl (C=O) groups is 1. The molecule has 9 heteroatoms. The molecule has 0 unspecified atom stereocenters. The number of hydrogen-bond donors (Lipinski definition) is 2. The van der Waals surface area contributed by atoms with E-state index in [1.165, 1.54) is 48.5 Å². The standard InChI is InChI=1S/C22H19F3N2O3S/c1-15(16-7-5-9-18(13-16)22(23,24)25)26-21(28)17-8-6-10-19(14-17)27-31(29,30)20-11-3-2-4-12-20/h2-15,27H,1H3,(H,26,28)/t15-/m1/s1. The van der Waals surface area contributed by atoms with Crippen molar-refractivity contribution in [1.82, 2.24) is 5.32 Å². The molecule has 5 nitrogen and oxygen atoms in total. The van der Waals surface area contributed by atoms with Crippen LogP contribution in [0, 0.1) is 0 Å². The molecule has 0 fully saturated rings. The first-order valence-corrected chi connectivity index (χ1v) is 10.7. The summed E-state index contributed by atoms with van der Waals surface area (Å²) in [6.45, 7) is 1.56. The molecule has 0 aliphatic carbocycles. The van der Waals surface area contributed by atoms with E-state index in [9.17, 15) is 26.4 Å². The average Bonchev–Trinajstić information content (AvgIpc) is 2.73. The lowest BCUT2D eigenvalue weighted by atomic mass is 10.0. The molecule has 0 spiro atoms. The predicted octanol–water partition coefficient (Wildman–Crippen LogP) is 5.00. The topological polar surface area (TPSA) is 75.3 Å². The van der Waals surface area contributed by atoms with Crippen LogP contribution in [-0.2, 0) is 16.2 Å². The molecule has 162 valence electrons. The normalized spacial score (nSPS) is 12.8. The highest BCUT2D eigenvalue weighted by Crippen LogP contribution is 2.30. The SMILES string of the molecule is C[C@@H](NC(=O)c1cccc(NS(=O)(=O)c2ccccc2)c1)c1cccc(C(F)(F)F)c1. The van der Waals surface area contributed by atoms with Crippen molar-refractivity contribution in [3.8, 4) is 0 Å². The van der Waals surface area contributed by atoms with Crippen molar-refractivity contribution < 1.29 is 26.4 Å². The summed E-state index contributed by atoms with van der Waals surface area (Å²) in [5.74, 6) is -0.550. The van der Waals surface area contributed by atoms with Gasteiger partial charge in [-0.3, -0.25) is 9.52 Å². The van der Waals surface area contributed by atoms with Crippen molar-refractivity contribution >= 4 is 21.6 Å². The van der Waals surface area contributed by atoms with Crippen LogP contribution in [0.3, 0.4) is 0 Å². The predicted molar refractivity (Wildman–Crippen MR) is 111 cm³/mol. The van der Waals surface area contributed by atoms with E-state index < -0.39 is 33.7 Å². The van der Waals surface area contributed by atoms with Gasteiger partial charge in [-0.05, 0) is 55.0 Å². The minimum absolute atomic E-state index is 0.0722. The molecule has 31 heavy (non-hydrogen) atoms. The van der Waals surface area contributed by atoms with Crippen LogP contribution in [0.25, 0.3) is 0 Å². The molecule has 3 aromatic carbocycles. The maximum absolute atomic E-state index is 12.9. The number of benzene rings is 3. The average molecular weight is 448 g/mol. The van der Waals surface area contributed by atoms with Gasteiger partial charge in [0, 0.05) is 11.3 Å². The molecule has 3 rings (SSSR count). The van der Waals surface area contributed by atoms with Gasteiger partial charge >= 0.3 is 6.18 Å². The van der Waals surface area contributed by atoms with E-state index in [2.05, 4.69) is 10.0 Å². The fourth-order valence-corrected chi connectivity index (χ4v) is 3.96. The molecule has 1 atom stereocenters. The van der Waals surface area contributed by atoms with E-state index in [0.29, 0.717) is 5.56 Å². The number of hydrogen-bond acceptors (Lipinski definition) is 3. The molecule has 3 aromatic rings. The summed E-state index contributed by atoms with van der Waals surface area (Å²) in [4.78, 5) is 12.7. The van der Waals surface area contributed by atoms with Crippen LogP contribution in [0.2, 0.25) is 0 Å². The molecule has 1 amide bonds. The van der Waals surface area contributed by atoms with Crippen molar-refractivity contribution in [2.75, 3.05) is 4.72 Å². The molecular weight excluding hydrogens is 429 g/mol. The van der Waals surface area contributed by atoms with Gasteiger partial charge in [0.05, 0.1) is 16.5 Å². The monoisotopic (exact) mass is 448 g/mol. The van der Waals surface area contributed by atoms with Crippen LogP contribution in [-0.4, -0.2) is 14.3 Å². The second kappa shape index (κ2) is 8.81. The van der Waals surface area contributed by atoms with Gasteiger partial charge in [0.15, 0.2) is 0 Å². The van der Waals surface area contributed by atoms with Crippen molar-refractivity contribution in [3.63, 3.8) is 0 Å². The number of nitrogens with one attached hydrogen (secondary N) is 2. The lowest BCUT2D eigenvalue weighted by Gasteiger charge is -2.17. The molecule has 0 aliphatic rings. The molecule has 2 N–H and O–H groups in total. The Morgan fingerprint density at radius 3 is 2.26 bits per heavy atom. The largest absolute Gasteiger partial charge is 0.416 e. The van der Waals surface area contributed by atoms with Crippen molar-refractivity contribution in [2.24, 2.45) is 0 Å². The van der Waals surface area contributed by atoms with E-state index in [1.54, 1.807) is 25.1 Å². The second-order valence-electron chi connectivity index (χ2n) is 6.82. The van der Waals surface area contributed by atoms with E-state index >= 15 is 0 Å². The highest BCUT2D eigenvalue weighted by Gasteiger charge is 2.30. The lowest BCUT2D eigenvalue weighted by molar-refractivity contribution is -0.137. The first-order chi connectivity index (χ1) is 14.6. The van der Waals surface area contributed by atoms with Crippen LogP contribution < -0.4 is 10.0 Å². The van der Waals surface area contributed by atoms with Gasteiger partial charge in [-0.25, -0.2) is 8.42 Å². The molecule has 0 heterocycles. The Hall–Kier alpha value is -3.33. The lowest BCUT2D eigenvalue weighted by Crippen LogP contribution is -2.27. The number of halogens is 3. The third-order valence-corrected chi connectivity index (χ3v) is 5.89. The van der Waals surface area contributed by atoms with Crippen LogP contribution >= 0.6 is 0 Å². The molecule has 0 radical (unpaired) electrons. The molecule has 0 aromatic heterocycles. The number of rotatable bonds is 6. The van der Waals surface area contributed by atoms with Gasteiger partial charge in [0.25, 0.3) is 15.9 Å². The van der Waals surface area contributed by atoms with Gasteiger partial charge in [0.2, 0.25) is 0 Å². The highest BCUT2D eigenvalue weighted by molar-refractivity contribution is 7.92. The van der Waals surface area contributed by atoms with Crippen LogP contribution in [0.1, 0.15) is 34.5 Å². The fraction of sp³-hybridized carbons (Fsp3) is 0.136. The van der Waals surface area contributed by atoms with Crippen molar-refractivity contribution in [1.29, 1.82) is 0 Å². The zero-order valence-electron chi connectivity index (χ0n) is 16.3. The maximum atomic E-state index is 12.9. The quantitative estimate of drug-likeness (QED) is 0.558. The number of amides is 1. The van der Waals surface area contributed by atoms with E-state index in [1.807, 2.05) is 0 Å². The van der Waals surface area contributed by atoms with Crippen LogP contribution in [0.5, 0.6) is 0 Å². The number of sulfonamides is 1. The Morgan fingerprint density at radius 2 is 1.58 bits per heavy atom. The first kappa shape index (κ1) is 22.4. The Morgan fingerprint density at radius 1 is 0.903 bits per heavy atom. The minimum Gasteiger partial charge on any atom is -0.346 e. The van der Waals surface area contributed by atoms with Gasteiger partial charge in [-0.15, -0.1) is 0 Å². The first-order valence-electron chi connectivity index (χ1n) is 9.22. The highest BCUT2D eigenvalue weighted by atomic mass is 32.2. The number of carbonyl (C=O) groups excluding carboxylic acids is 1. The zero-order valence-corrected chi connectivity index (χ0v) is 17.2. The summed E-state index contributed by atoms with van der Waals surface area (Å²) in [6, 6.07) is 17.6. The Kier molecular flexibility index (Phi) is 6.35. The molecular formula is C22H19F3N2O3S. The van der Waals surface area contributed by atoms with Gasteiger partial charge in [-0.2, -0.15) is 13.2 Å². The maximum Gasteiger partial charge on any atom is 0.416 e. The third-order valence-electron chi connectivity index (χ3n) is 4.49. The number of alkyl halides is 3. The fourth-order valence-electron chi connectivity index (χ4n) is 2.89. The van der Waals surface area contributed by atoms with Gasteiger partial charge in [-0.1, -0.05) is 36.4 Å². The Balaban J connectivity index is 1.75. The molecule has 0 saturated heterocycles. The molecule has 0 saturated carbocycles. The Labute approximate surface area is 178 Å². The summed E-state index contributed by atoms with van der Waals surface area (Å²) in [5, 5.41) is 2.63. The molecule has 0 bridgehead atoms. The van der Waals surface area contributed by atoms with Crippen molar-refractivity contribution in [2.45, 2.75) is 24.0 Å². The third kappa shape index (κ3) is 5.64. The Bertz CT molecular complexity index is 1180. The molecule has 0 aliphatic heterocycles. The van der Waals surface area contributed by atoms with E-state index in [0.717, 1.165) is 12.1 Å². The zero-order chi connectivity index (χ0) is 22.6. The van der Waals surface area contributed by atoms with Gasteiger partial charge < -0.3 is 5.32 Å². The van der Waals surface area contributed by atoms with E-state index in [-0.39, 0.29) is 16.1 Å². The van der Waals surface area contributed by atoms with Crippen LogP contribution in [0.15, 0.2) is 83.8 Å².